The van der Waals surface area contributed by atoms with Crippen molar-refractivity contribution in [1.29, 1.82) is 0 Å². The lowest BCUT2D eigenvalue weighted by Gasteiger charge is -2.38. The van der Waals surface area contributed by atoms with Crippen molar-refractivity contribution in [3.63, 3.8) is 0 Å². The van der Waals surface area contributed by atoms with Crippen molar-refractivity contribution < 1.29 is 19.5 Å². The molecule has 1 unspecified atom stereocenters. The Kier molecular flexibility index (Phi) is 3.54. The molecule has 2 N–H and O–H groups in total. The van der Waals surface area contributed by atoms with Crippen molar-refractivity contribution in [2.75, 3.05) is 7.05 Å². The minimum Gasteiger partial charge on any atom is -0.481 e. The van der Waals surface area contributed by atoms with Gasteiger partial charge in [0, 0.05) is 7.05 Å². The monoisotopic (exact) mass is 292 g/mol. The molecule has 1 saturated heterocycles. The van der Waals surface area contributed by atoms with Gasteiger partial charge in [-0.3, -0.25) is 19.3 Å². The van der Waals surface area contributed by atoms with E-state index in [1.54, 1.807) is 30.3 Å². The Balaban J connectivity index is 2.63. The molecular weight excluding hydrogens is 280 g/mol. The highest BCUT2D eigenvalue weighted by Gasteiger charge is 2.54. The molecular formula is C13H12N2O4S. The summed E-state index contributed by atoms with van der Waals surface area (Å²) in [5.41, 5.74) is -1.45. The summed E-state index contributed by atoms with van der Waals surface area (Å²) in [5, 5.41) is 11.5. The molecule has 0 bridgehead atoms. The van der Waals surface area contributed by atoms with Crippen LogP contribution in [-0.4, -0.2) is 40.0 Å². The lowest BCUT2D eigenvalue weighted by Crippen LogP contribution is -2.65. The molecule has 2 rings (SSSR count). The van der Waals surface area contributed by atoms with Crippen LogP contribution in [0.5, 0.6) is 0 Å². The number of carboxylic acid groups (broad SMARTS) is 1. The first-order valence-electron chi connectivity index (χ1n) is 5.80. The summed E-state index contributed by atoms with van der Waals surface area (Å²) in [7, 11) is 1.41. The van der Waals surface area contributed by atoms with Crippen LogP contribution >= 0.6 is 12.2 Å². The summed E-state index contributed by atoms with van der Waals surface area (Å²) in [6.45, 7) is 0. The number of carbonyl (C=O) groups is 3. The molecule has 1 aliphatic rings. The number of nitrogens with one attached hydrogen (secondary N) is 1. The lowest BCUT2D eigenvalue weighted by atomic mass is 9.74. The maximum atomic E-state index is 12.5. The van der Waals surface area contributed by atoms with Gasteiger partial charge in [-0.05, 0) is 17.8 Å². The highest BCUT2D eigenvalue weighted by atomic mass is 32.1. The number of likely N-dealkylation sites (N-methyl/N-ethyl adjacent to an activating group) is 1. The normalized spacial score (nSPS) is 22.6. The van der Waals surface area contributed by atoms with Crippen molar-refractivity contribution >= 4 is 35.1 Å². The predicted octanol–water partition coefficient (Wildman–Crippen LogP) is 0.272. The fourth-order valence-corrected chi connectivity index (χ4v) is 2.40. The van der Waals surface area contributed by atoms with E-state index in [2.05, 4.69) is 5.32 Å². The number of hydrogen-bond acceptors (Lipinski definition) is 4. The van der Waals surface area contributed by atoms with Crippen LogP contribution < -0.4 is 5.32 Å². The molecule has 1 heterocycles. The average molecular weight is 292 g/mol. The molecule has 104 valence electrons. The Bertz CT molecular complexity index is 602. The van der Waals surface area contributed by atoms with E-state index in [4.69, 9.17) is 17.3 Å². The van der Waals surface area contributed by atoms with Crippen LogP contribution in [0.3, 0.4) is 0 Å². The Labute approximate surface area is 120 Å². The fourth-order valence-electron chi connectivity index (χ4n) is 2.23. The molecule has 20 heavy (non-hydrogen) atoms. The van der Waals surface area contributed by atoms with Crippen LogP contribution in [0, 0.1) is 0 Å². The molecule has 0 aromatic heterocycles. The number of rotatable bonds is 3. The van der Waals surface area contributed by atoms with E-state index in [-0.39, 0.29) is 5.11 Å². The predicted molar refractivity (Wildman–Crippen MR) is 73.9 cm³/mol. The Morgan fingerprint density at radius 3 is 2.50 bits per heavy atom. The zero-order valence-electron chi connectivity index (χ0n) is 10.6. The summed E-state index contributed by atoms with van der Waals surface area (Å²) < 4.78 is 0. The number of carbonyl (C=O) groups excluding carboxylic acids is 2. The van der Waals surface area contributed by atoms with Crippen molar-refractivity contribution in [2.24, 2.45) is 0 Å². The highest BCUT2D eigenvalue weighted by molar-refractivity contribution is 7.80. The quantitative estimate of drug-likeness (QED) is 0.617. The molecule has 0 spiro atoms. The van der Waals surface area contributed by atoms with Gasteiger partial charge >= 0.3 is 5.97 Å². The molecule has 1 aliphatic heterocycles. The van der Waals surface area contributed by atoms with Gasteiger partial charge in [-0.1, -0.05) is 30.3 Å². The van der Waals surface area contributed by atoms with E-state index >= 15 is 0 Å². The number of amides is 2. The van der Waals surface area contributed by atoms with Gasteiger partial charge < -0.3 is 10.4 Å². The first-order valence-corrected chi connectivity index (χ1v) is 6.21. The van der Waals surface area contributed by atoms with E-state index < -0.39 is 29.6 Å². The number of thiocarbonyl (C=S) groups is 1. The molecule has 1 fully saturated rings. The van der Waals surface area contributed by atoms with E-state index in [0.29, 0.717) is 5.56 Å². The van der Waals surface area contributed by atoms with Gasteiger partial charge in [0.15, 0.2) is 10.5 Å². The molecule has 0 radical (unpaired) electrons. The van der Waals surface area contributed by atoms with Gasteiger partial charge in [0.25, 0.3) is 0 Å². The molecule has 7 heteroatoms. The summed E-state index contributed by atoms with van der Waals surface area (Å²) in [5.74, 6) is -2.59. The van der Waals surface area contributed by atoms with Gasteiger partial charge in [-0.15, -0.1) is 0 Å². The number of benzene rings is 1. The third kappa shape index (κ3) is 2.05. The van der Waals surface area contributed by atoms with Crippen molar-refractivity contribution in [3.05, 3.63) is 35.9 Å². The number of nitrogens with zero attached hydrogens (tertiary/aromatic N) is 1. The average Bonchev–Trinajstić information content (AvgIpc) is 2.42. The summed E-state index contributed by atoms with van der Waals surface area (Å²) in [4.78, 5) is 37.1. The summed E-state index contributed by atoms with van der Waals surface area (Å²) in [6.07, 6.45) is -0.630. The third-order valence-electron chi connectivity index (χ3n) is 3.27. The maximum Gasteiger partial charge on any atom is 0.305 e. The molecule has 2 amide bonds. The fraction of sp³-hybridized carbons (Fsp3) is 0.231. The maximum absolute atomic E-state index is 12.5. The van der Waals surface area contributed by atoms with Crippen LogP contribution in [0.25, 0.3) is 0 Å². The first-order chi connectivity index (χ1) is 9.39. The van der Waals surface area contributed by atoms with Crippen LogP contribution in [0.2, 0.25) is 0 Å². The topological polar surface area (TPSA) is 86.7 Å². The van der Waals surface area contributed by atoms with Gasteiger partial charge in [0.2, 0.25) is 11.8 Å². The zero-order chi connectivity index (χ0) is 14.9. The number of hydrogen-bond donors (Lipinski definition) is 2. The SMILES string of the molecule is CN1C(=O)C(CC(=O)O)(c2ccccc2)C(=O)NC1=S. The lowest BCUT2D eigenvalue weighted by molar-refractivity contribution is -0.151. The van der Waals surface area contributed by atoms with E-state index in [1.807, 2.05) is 0 Å². The van der Waals surface area contributed by atoms with Gasteiger partial charge in [-0.25, -0.2) is 0 Å². The number of aliphatic carboxylic acids is 1. The van der Waals surface area contributed by atoms with E-state index in [0.717, 1.165) is 4.90 Å². The minimum absolute atomic E-state index is 0.0306. The minimum atomic E-state index is -1.79. The van der Waals surface area contributed by atoms with Gasteiger partial charge in [0.1, 0.15) is 0 Å². The Hall–Kier alpha value is -2.28. The van der Waals surface area contributed by atoms with Crippen molar-refractivity contribution in [1.82, 2.24) is 10.2 Å². The molecule has 1 atom stereocenters. The molecule has 6 nitrogen and oxygen atoms in total. The van der Waals surface area contributed by atoms with Crippen molar-refractivity contribution in [3.8, 4) is 0 Å². The molecule has 1 aromatic carbocycles. The second-order valence-electron chi connectivity index (χ2n) is 4.47. The smallest absolute Gasteiger partial charge is 0.305 e. The second-order valence-corrected chi connectivity index (χ2v) is 4.85. The van der Waals surface area contributed by atoms with Gasteiger partial charge in [0.05, 0.1) is 6.42 Å². The van der Waals surface area contributed by atoms with Crippen LogP contribution in [0.1, 0.15) is 12.0 Å². The zero-order valence-corrected chi connectivity index (χ0v) is 11.4. The standard InChI is InChI=1S/C13H12N2O4S/c1-15-11(19)13(7-9(16)17,10(18)14-12(15)20)8-5-3-2-4-6-8/h2-6H,7H2,1H3,(H,16,17)(H,14,18,20). The Morgan fingerprint density at radius 1 is 1.35 bits per heavy atom. The molecule has 0 aliphatic carbocycles. The Morgan fingerprint density at radius 2 is 1.95 bits per heavy atom. The number of carboxylic acids is 1. The first kappa shape index (κ1) is 14.1. The second kappa shape index (κ2) is 5.01. The largest absolute Gasteiger partial charge is 0.481 e. The third-order valence-corrected chi connectivity index (χ3v) is 3.64. The van der Waals surface area contributed by atoms with Crippen molar-refractivity contribution in [2.45, 2.75) is 11.8 Å². The highest BCUT2D eigenvalue weighted by Crippen LogP contribution is 2.33. The van der Waals surface area contributed by atoms with E-state index in [9.17, 15) is 14.4 Å². The molecule has 1 aromatic rings. The summed E-state index contributed by atoms with van der Waals surface area (Å²) in [6, 6.07) is 8.13. The van der Waals surface area contributed by atoms with Crippen LogP contribution in [-0.2, 0) is 19.8 Å². The van der Waals surface area contributed by atoms with Crippen LogP contribution in [0.4, 0.5) is 0 Å². The van der Waals surface area contributed by atoms with Crippen LogP contribution in [0.15, 0.2) is 30.3 Å². The molecule has 0 saturated carbocycles. The van der Waals surface area contributed by atoms with E-state index in [1.165, 1.54) is 7.05 Å². The summed E-state index contributed by atoms with van der Waals surface area (Å²) >= 11 is 4.87. The van der Waals surface area contributed by atoms with Gasteiger partial charge in [-0.2, -0.15) is 0 Å².